The zero-order valence-electron chi connectivity index (χ0n) is 14.4. The van der Waals surface area contributed by atoms with E-state index >= 15 is 0 Å². The van der Waals surface area contributed by atoms with Crippen molar-refractivity contribution in [3.63, 3.8) is 0 Å². The number of amides is 2. The Hall–Kier alpha value is -1.59. The summed E-state index contributed by atoms with van der Waals surface area (Å²) in [6.07, 6.45) is 1.07. The number of hydrogen-bond donors (Lipinski definition) is 3. The summed E-state index contributed by atoms with van der Waals surface area (Å²) in [6.45, 7) is 9.29. The predicted molar refractivity (Wildman–Crippen MR) is 92.3 cm³/mol. The third kappa shape index (κ3) is 5.22. The van der Waals surface area contributed by atoms with Crippen LogP contribution in [0, 0.1) is 5.92 Å². The van der Waals surface area contributed by atoms with Crippen LogP contribution in [0.4, 0.5) is 4.79 Å². The lowest BCUT2D eigenvalue weighted by molar-refractivity contribution is 0.0166. The molecule has 1 aromatic rings. The highest BCUT2D eigenvalue weighted by Gasteiger charge is 2.25. The summed E-state index contributed by atoms with van der Waals surface area (Å²) < 4.78 is 0. The van der Waals surface area contributed by atoms with E-state index in [0.29, 0.717) is 6.54 Å². The largest absolute Gasteiger partial charge is 0.388 e. The molecule has 1 unspecified atom stereocenters. The van der Waals surface area contributed by atoms with Crippen molar-refractivity contribution in [1.29, 1.82) is 0 Å². The number of rotatable bonds is 6. The van der Waals surface area contributed by atoms with Gasteiger partial charge < -0.3 is 15.7 Å². The van der Waals surface area contributed by atoms with E-state index in [0.717, 1.165) is 26.1 Å². The highest BCUT2D eigenvalue weighted by atomic mass is 16.3. The zero-order chi connectivity index (χ0) is 16.9. The summed E-state index contributed by atoms with van der Waals surface area (Å²) in [5.74, 6) is 0.0937. The maximum atomic E-state index is 11.8. The second-order valence-electron chi connectivity index (χ2n) is 6.92. The first-order valence-corrected chi connectivity index (χ1v) is 8.41. The number of benzene rings is 1. The first-order chi connectivity index (χ1) is 10.9. The van der Waals surface area contributed by atoms with Crippen LogP contribution < -0.4 is 10.6 Å². The fraction of sp³-hybridized carbons (Fsp3) is 0.611. The van der Waals surface area contributed by atoms with Gasteiger partial charge in [-0.3, -0.25) is 4.90 Å². The van der Waals surface area contributed by atoms with Gasteiger partial charge >= 0.3 is 6.03 Å². The molecular formula is C18H29N3O2. The Morgan fingerprint density at radius 1 is 1.30 bits per heavy atom. The third-order valence-electron chi connectivity index (χ3n) is 4.77. The Bertz CT molecular complexity index is 529. The number of nitrogens with one attached hydrogen (secondary N) is 2. The van der Waals surface area contributed by atoms with E-state index in [1.54, 1.807) is 6.92 Å². The molecule has 0 bridgehead atoms. The number of carbonyl (C=O) groups is 1. The lowest BCUT2D eigenvalue weighted by Gasteiger charge is -2.29. The van der Waals surface area contributed by atoms with Gasteiger partial charge in [0, 0.05) is 32.7 Å². The first kappa shape index (κ1) is 17.8. The summed E-state index contributed by atoms with van der Waals surface area (Å²) in [7, 11) is 0. The minimum absolute atomic E-state index is 0.0937. The van der Waals surface area contributed by atoms with Crippen molar-refractivity contribution < 1.29 is 9.90 Å². The zero-order valence-corrected chi connectivity index (χ0v) is 14.4. The van der Waals surface area contributed by atoms with Crippen molar-refractivity contribution in [2.45, 2.75) is 39.3 Å². The number of aliphatic hydroxyl groups is 1. The van der Waals surface area contributed by atoms with E-state index in [9.17, 15) is 9.90 Å². The molecular weight excluding hydrogens is 290 g/mol. The number of carbonyl (C=O) groups excluding carboxylic acids is 1. The molecule has 5 heteroatoms. The van der Waals surface area contributed by atoms with E-state index in [2.05, 4.69) is 39.8 Å². The van der Waals surface area contributed by atoms with Gasteiger partial charge in [0.15, 0.2) is 0 Å². The quantitative estimate of drug-likeness (QED) is 0.748. The molecule has 1 aliphatic rings. The molecule has 0 aromatic heterocycles. The van der Waals surface area contributed by atoms with Gasteiger partial charge in [0.1, 0.15) is 0 Å². The van der Waals surface area contributed by atoms with Gasteiger partial charge in [-0.05, 0) is 30.4 Å². The number of hydrogen-bond acceptors (Lipinski definition) is 3. The highest BCUT2D eigenvalue weighted by Crippen LogP contribution is 2.17. The Balaban J connectivity index is 1.67. The molecule has 3 N–H and O–H groups in total. The van der Waals surface area contributed by atoms with E-state index in [1.807, 2.05) is 13.8 Å². The average molecular weight is 319 g/mol. The minimum atomic E-state index is -0.881. The average Bonchev–Trinajstić information content (AvgIpc) is 2.53. The normalized spacial score (nSPS) is 17.4. The van der Waals surface area contributed by atoms with E-state index in [1.165, 1.54) is 11.1 Å². The molecule has 1 aliphatic heterocycles. The molecule has 0 spiro atoms. The second kappa shape index (κ2) is 7.79. The van der Waals surface area contributed by atoms with Crippen molar-refractivity contribution in [2.75, 3.05) is 26.2 Å². The van der Waals surface area contributed by atoms with Crippen LogP contribution in [0.1, 0.15) is 31.9 Å². The van der Waals surface area contributed by atoms with Gasteiger partial charge in [-0.2, -0.15) is 0 Å². The molecule has 2 amide bonds. The topological polar surface area (TPSA) is 64.6 Å². The summed E-state index contributed by atoms with van der Waals surface area (Å²) in [5, 5.41) is 15.7. The Kier molecular flexibility index (Phi) is 6.02. The fourth-order valence-electron chi connectivity index (χ4n) is 2.60. The molecule has 0 saturated heterocycles. The maximum absolute atomic E-state index is 11.8. The maximum Gasteiger partial charge on any atom is 0.314 e. The molecule has 0 saturated carbocycles. The first-order valence-electron chi connectivity index (χ1n) is 8.41. The Labute approximate surface area is 139 Å². The lowest BCUT2D eigenvalue weighted by atomic mass is 9.93. The van der Waals surface area contributed by atoms with Gasteiger partial charge in [0.05, 0.1) is 5.60 Å². The number of fused-ring (bicyclic) bond motifs is 1. The van der Waals surface area contributed by atoms with Crippen LogP contribution in [-0.2, 0) is 13.0 Å². The molecule has 1 aromatic carbocycles. The van der Waals surface area contributed by atoms with Crippen LogP contribution >= 0.6 is 0 Å². The van der Waals surface area contributed by atoms with Gasteiger partial charge in [-0.1, -0.05) is 38.1 Å². The lowest BCUT2D eigenvalue weighted by Crippen LogP contribution is -2.48. The van der Waals surface area contributed by atoms with Crippen LogP contribution in [0.3, 0.4) is 0 Å². The highest BCUT2D eigenvalue weighted by molar-refractivity contribution is 5.73. The summed E-state index contributed by atoms with van der Waals surface area (Å²) in [4.78, 5) is 14.2. The van der Waals surface area contributed by atoms with Crippen LogP contribution in [0.25, 0.3) is 0 Å². The number of urea groups is 1. The third-order valence-corrected chi connectivity index (χ3v) is 4.77. The standard InChI is InChI=1S/C18H29N3O2/c1-14(2)18(3,23)13-20-17(22)19-9-11-21-10-8-15-6-4-5-7-16(15)12-21/h4-7,14,23H,8-13H2,1-3H3,(H2,19,20,22). The summed E-state index contributed by atoms with van der Waals surface area (Å²) in [5.41, 5.74) is 1.94. The van der Waals surface area contributed by atoms with Crippen LogP contribution in [-0.4, -0.2) is 47.8 Å². The molecule has 1 heterocycles. The van der Waals surface area contributed by atoms with Crippen molar-refractivity contribution in [2.24, 2.45) is 5.92 Å². The molecule has 0 aliphatic carbocycles. The van der Waals surface area contributed by atoms with Gasteiger partial charge in [0.25, 0.3) is 0 Å². The van der Waals surface area contributed by atoms with Crippen LogP contribution in [0.2, 0.25) is 0 Å². The molecule has 2 rings (SSSR count). The number of nitrogens with zero attached hydrogens (tertiary/aromatic N) is 1. The van der Waals surface area contributed by atoms with Crippen molar-refractivity contribution >= 4 is 6.03 Å². The van der Waals surface area contributed by atoms with Crippen LogP contribution in [0.5, 0.6) is 0 Å². The van der Waals surface area contributed by atoms with Crippen LogP contribution in [0.15, 0.2) is 24.3 Å². The molecule has 1 atom stereocenters. The van der Waals surface area contributed by atoms with Gasteiger partial charge in [0.2, 0.25) is 0 Å². The minimum Gasteiger partial charge on any atom is -0.388 e. The molecule has 23 heavy (non-hydrogen) atoms. The smallest absolute Gasteiger partial charge is 0.314 e. The predicted octanol–water partition coefficient (Wildman–Crippen LogP) is 1.75. The van der Waals surface area contributed by atoms with E-state index < -0.39 is 5.60 Å². The second-order valence-corrected chi connectivity index (χ2v) is 6.92. The molecule has 0 radical (unpaired) electrons. The summed E-state index contributed by atoms with van der Waals surface area (Å²) >= 11 is 0. The Morgan fingerprint density at radius 3 is 2.70 bits per heavy atom. The van der Waals surface area contributed by atoms with Crippen molar-refractivity contribution in [3.8, 4) is 0 Å². The molecule has 0 fully saturated rings. The Morgan fingerprint density at radius 2 is 2.00 bits per heavy atom. The fourth-order valence-corrected chi connectivity index (χ4v) is 2.60. The van der Waals surface area contributed by atoms with Crippen molar-refractivity contribution in [3.05, 3.63) is 35.4 Å². The van der Waals surface area contributed by atoms with Crippen molar-refractivity contribution in [1.82, 2.24) is 15.5 Å². The SMILES string of the molecule is CC(C)C(C)(O)CNC(=O)NCCN1CCc2ccccc2C1. The molecule has 5 nitrogen and oxygen atoms in total. The monoisotopic (exact) mass is 319 g/mol. The van der Waals surface area contributed by atoms with Gasteiger partial charge in [-0.15, -0.1) is 0 Å². The van der Waals surface area contributed by atoms with Gasteiger partial charge in [-0.25, -0.2) is 4.79 Å². The molecule has 128 valence electrons. The van der Waals surface area contributed by atoms with E-state index in [4.69, 9.17) is 0 Å². The summed E-state index contributed by atoms with van der Waals surface area (Å²) in [6, 6.07) is 8.32. The van der Waals surface area contributed by atoms with E-state index in [-0.39, 0.29) is 18.5 Å².